The normalized spacial score (nSPS) is 12.8. The van der Waals surface area contributed by atoms with Crippen LogP contribution in [-0.2, 0) is 0 Å². The fourth-order valence-electron chi connectivity index (χ4n) is 0.579. The van der Waals surface area contributed by atoms with E-state index in [1.807, 2.05) is 19.1 Å². The van der Waals surface area contributed by atoms with Crippen LogP contribution in [0.4, 0.5) is 0 Å². The third kappa shape index (κ3) is 7.66. The Morgan fingerprint density at radius 1 is 1.50 bits per heavy atom. The zero-order valence-electron chi connectivity index (χ0n) is 7.02. The molecule has 0 aromatic carbocycles. The van der Waals surface area contributed by atoms with Gasteiger partial charge in [0.2, 0.25) is 0 Å². The Balaban J connectivity index is 3.20. The Bertz CT molecular complexity index is 102. The third-order valence-electron chi connectivity index (χ3n) is 1.06. The van der Waals surface area contributed by atoms with Crippen LogP contribution in [0.3, 0.4) is 0 Å². The van der Waals surface area contributed by atoms with E-state index in [4.69, 9.17) is 0 Å². The van der Waals surface area contributed by atoms with Crippen molar-refractivity contribution in [3.05, 3.63) is 12.2 Å². The lowest BCUT2D eigenvalue weighted by Crippen LogP contribution is -2.34. The van der Waals surface area contributed by atoms with Crippen molar-refractivity contribution in [1.82, 2.24) is 5.32 Å². The van der Waals surface area contributed by atoms with E-state index in [1.54, 1.807) is 13.8 Å². The Morgan fingerprint density at radius 3 is 2.50 bits per heavy atom. The highest BCUT2D eigenvalue weighted by Gasteiger charge is 2.09. The third-order valence-corrected chi connectivity index (χ3v) is 1.06. The summed E-state index contributed by atoms with van der Waals surface area (Å²) in [4.78, 5) is 0. The van der Waals surface area contributed by atoms with E-state index in [-0.39, 0.29) is 0 Å². The van der Waals surface area contributed by atoms with E-state index in [9.17, 15) is 5.11 Å². The van der Waals surface area contributed by atoms with E-state index in [0.29, 0.717) is 6.54 Å². The van der Waals surface area contributed by atoms with Gasteiger partial charge in [-0.25, -0.2) is 0 Å². The quantitative estimate of drug-likeness (QED) is 0.453. The highest BCUT2D eigenvalue weighted by molar-refractivity contribution is 4.80. The summed E-state index contributed by atoms with van der Waals surface area (Å²) >= 11 is 0. The zero-order chi connectivity index (χ0) is 8.04. The average Bonchev–Trinajstić information content (AvgIpc) is 1.78. The number of rotatable bonds is 4. The highest BCUT2D eigenvalue weighted by Crippen LogP contribution is 1.96. The second-order valence-corrected chi connectivity index (χ2v) is 3.01. The molecule has 0 bridgehead atoms. The molecule has 0 fully saturated rings. The topological polar surface area (TPSA) is 32.3 Å². The Hall–Kier alpha value is -0.340. The molecule has 0 atom stereocenters. The molecule has 0 heterocycles. The molecule has 10 heavy (non-hydrogen) atoms. The van der Waals surface area contributed by atoms with E-state index < -0.39 is 5.60 Å². The molecule has 2 nitrogen and oxygen atoms in total. The summed E-state index contributed by atoms with van der Waals surface area (Å²) in [5.41, 5.74) is -0.596. The van der Waals surface area contributed by atoms with Crippen LogP contribution in [0.25, 0.3) is 0 Å². The fraction of sp³-hybridized carbons (Fsp3) is 0.750. The average molecular weight is 143 g/mol. The molecule has 0 aliphatic heterocycles. The predicted molar refractivity (Wildman–Crippen MR) is 44.0 cm³/mol. The van der Waals surface area contributed by atoms with E-state index in [1.165, 1.54) is 0 Å². The van der Waals surface area contributed by atoms with Crippen molar-refractivity contribution >= 4 is 0 Å². The minimum Gasteiger partial charge on any atom is -0.389 e. The molecule has 0 aromatic heterocycles. The SMILES string of the molecule is C/C=C/CNCC(C)(C)O. The number of hydrogen-bond acceptors (Lipinski definition) is 2. The molecule has 60 valence electrons. The van der Waals surface area contributed by atoms with Gasteiger partial charge in [-0.15, -0.1) is 0 Å². The summed E-state index contributed by atoms with van der Waals surface area (Å²) < 4.78 is 0. The largest absolute Gasteiger partial charge is 0.389 e. The zero-order valence-corrected chi connectivity index (χ0v) is 7.02. The molecule has 0 saturated carbocycles. The minimum absolute atomic E-state index is 0.596. The van der Waals surface area contributed by atoms with Crippen molar-refractivity contribution in [2.45, 2.75) is 26.4 Å². The lowest BCUT2D eigenvalue weighted by Gasteiger charge is -2.16. The molecule has 0 saturated heterocycles. The number of aliphatic hydroxyl groups is 1. The van der Waals surface area contributed by atoms with Crippen LogP contribution in [0.15, 0.2) is 12.2 Å². The first-order chi connectivity index (χ1) is 4.56. The van der Waals surface area contributed by atoms with Crippen LogP contribution in [0.2, 0.25) is 0 Å². The lowest BCUT2D eigenvalue weighted by atomic mass is 10.1. The van der Waals surface area contributed by atoms with Gasteiger partial charge in [-0.2, -0.15) is 0 Å². The van der Waals surface area contributed by atoms with Gasteiger partial charge in [-0.1, -0.05) is 12.2 Å². The summed E-state index contributed by atoms with van der Waals surface area (Å²) in [5.74, 6) is 0. The van der Waals surface area contributed by atoms with Crippen molar-refractivity contribution in [3.8, 4) is 0 Å². The van der Waals surface area contributed by atoms with Crippen molar-refractivity contribution in [2.75, 3.05) is 13.1 Å². The maximum atomic E-state index is 9.23. The Labute approximate surface area is 62.9 Å². The van der Waals surface area contributed by atoms with E-state index in [0.717, 1.165) is 6.54 Å². The molecule has 2 N–H and O–H groups in total. The standard InChI is InChI=1S/C8H17NO/c1-4-5-6-9-7-8(2,3)10/h4-5,9-10H,6-7H2,1-3H3/b5-4+. The van der Waals surface area contributed by atoms with Crippen LogP contribution < -0.4 is 5.32 Å². The van der Waals surface area contributed by atoms with Crippen LogP contribution in [-0.4, -0.2) is 23.8 Å². The van der Waals surface area contributed by atoms with Crippen molar-refractivity contribution in [3.63, 3.8) is 0 Å². The Kier molecular flexibility index (Phi) is 4.32. The van der Waals surface area contributed by atoms with Gasteiger partial charge in [0.15, 0.2) is 0 Å². The van der Waals surface area contributed by atoms with Crippen molar-refractivity contribution in [1.29, 1.82) is 0 Å². The summed E-state index contributed by atoms with van der Waals surface area (Å²) in [7, 11) is 0. The fourth-order valence-corrected chi connectivity index (χ4v) is 0.579. The molecule has 0 aliphatic carbocycles. The van der Waals surface area contributed by atoms with Crippen LogP contribution in [0.5, 0.6) is 0 Å². The molecule has 0 aromatic rings. The van der Waals surface area contributed by atoms with Gasteiger partial charge < -0.3 is 10.4 Å². The number of allylic oxidation sites excluding steroid dienone is 1. The number of nitrogens with one attached hydrogen (secondary N) is 1. The number of hydrogen-bond donors (Lipinski definition) is 2. The monoisotopic (exact) mass is 143 g/mol. The maximum Gasteiger partial charge on any atom is 0.0715 e. The van der Waals surface area contributed by atoms with Crippen LogP contribution >= 0.6 is 0 Å². The van der Waals surface area contributed by atoms with Gasteiger partial charge >= 0.3 is 0 Å². The van der Waals surface area contributed by atoms with E-state index >= 15 is 0 Å². The highest BCUT2D eigenvalue weighted by atomic mass is 16.3. The van der Waals surface area contributed by atoms with Gasteiger partial charge in [-0.3, -0.25) is 0 Å². The molecule has 0 radical (unpaired) electrons. The molecular weight excluding hydrogens is 126 g/mol. The molecule has 0 amide bonds. The summed E-state index contributed by atoms with van der Waals surface area (Å²) in [6.07, 6.45) is 4.00. The van der Waals surface area contributed by atoms with Gasteiger partial charge in [-0.05, 0) is 20.8 Å². The maximum absolute atomic E-state index is 9.23. The summed E-state index contributed by atoms with van der Waals surface area (Å²) in [6, 6.07) is 0. The summed E-state index contributed by atoms with van der Waals surface area (Å²) in [6.45, 7) is 7.02. The van der Waals surface area contributed by atoms with Gasteiger partial charge in [0.25, 0.3) is 0 Å². The minimum atomic E-state index is -0.596. The summed E-state index contributed by atoms with van der Waals surface area (Å²) in [5, 5.41) is 12.3. The van der Waals surface area contributed by atoms with Crippen molar-refractivity contribution in [2.24, 2.45) is 0 Å². The van der Waals surface area contributed by atoms with Crippen LogP contribution in [0.1, 0.15) is 20.8 Å². The molecule has 0 aliphatic rings. The predicted octanol–water partition coefficient (Wildman–Crippen LogP) is 0.923. The first-order valence-electron chi connectivity index (χ1n) is 3.60. The smallest absolute Gasteiger partial charge is 0.0715 e. The van der Waals surface area contributed by atoms with Crippen molar-refractivity contribution < 1.29 is 5.11 Å². The molecule has 0 spiro atoms. The lowest BCUT2D eigenvalue weighted by molar-refractivity contribution is 0.0810. The van der Waals surface area contributed by atoms with E-state index in [2.05, 4.69) is 5.32 Å². The second kappa shape index (κ2) is 4.47. The second-order valence-electron chi connectivity index (χ2n) is 3.01. The van der Waals surface area contributed by atoms with Gasteiger partial charge in [0.05, 0.1) is 5.60 Å². The van der Waals surface area contributed by atoms with Gasteiger partial charge in [0.1, 0.15) is 0 Å². The van der Waals surface area contributed by atoms with Gasteiger partial charge in [0, 0.05) is 13.1 Å². The molecule has 0 rings (SSSR count). The molecule has 2 heteroatoms. The first kappa shape index (κ1) is 9.66. The first-order valence-corrected chi connectivity index (χ1v) is 3.60. The Morgan fingerprint density at radius 2 is 2.10 bits per heavy atom. The molecular formula is C8H17NO. The molecule has 0 unspecified atom stereocenters. The van der Waals surface area contributed by atoms with Crippen LogP contribution in [0, 0.1) is 0 Å².